The molecule has 1 N–H and O–H groups in total. The van der Waals surface area contributed by atoms with Crippen LogP contribution in [0.15, 0.2) is 36.5 Å². The Morgan fingerprint density at radius 3 is 2.86 bits per heavy atom. The molecule has 2 aromatic rings. The molecular weight excluding hydrogens is 270 g/mol. The van der Waals surface area contributed by atoms with E-state index in [9.17, 15) is 5.11 Å². The van der Waals surface area contributed by atoms with Gasteiger partial charge in [-0.15, -0.1) is 5.10 Å². The summed E-state index contributed by atoms with van der Waals surface area (Å²) in [7, 11) is 1.55. The van der Waals surface area contributed by atoms with Crippen LogP contribution in [0.3, 0.4) is 0 Å². The van der Waals surface area contributed by atoms with Crippen LogP contribution in [-0.4, -0.2) is 40.4 Å². The molecule has 1 aromatic carbocycles. The van der Waals surface area contributed by atoms with Crippen molar-refractivity contribution < 1.29 is 14.6 Å². The minimum Gasteiger partial charge on any atom is -0.384 e. The van der Waals surface area contributed by atoms with E-state index >= 15 is 0 Å². The van der Waals surface area contributed by atoms with Gasteiger partial charge >= 0.3 is 0 Å². The van der Waals surface area contributed by atoms with Crippen molar-refractivity contribution in [1.29, 1.82) is 0 Å². The normalized spacial score (nSPS) is 12.5. The summed E-state index contributed by atoms with van der Waals surface area (Å²) in [6.45, 7) is 2.13. The van der Waals surface area contributed by atoms with E-state index in [2.05, 4.69) is 10.3 Å². The maximum atomic E-state index is 9.88. The van der Waals surface area contributed by atoms with Crippen LogP contribution in [0.1, 0.15) is 23.8 Å². The van der Waals surface area contributed by atoms with Crippen molar-refractivity contribution in [2.45, 2.75) is 25.7 Å². The standard InChI is InChI=1S/C15H21N3O3/c1-20-12-15(19)14-10-16-17-18(14)8-5-9-21-11-13-6-3-2-4-7-13/h2-4,6-7,10,15,19H,5,8-9,11-12H2,1H3. The highest BCUT2D eigenvalue weighted by Crippen LogP contribution is 2.11. The lowest BCUT2D eigenvalue weighted by atomic mass is 10.2. The third-order valence-electron chi connectivity index (χ3n) is 3.08. The number of aliphatic hydroxyl groups is 1. The number of methoxy groups -OCH3 is 1. The van der Waals surface area contributed by atoms with Gasteiger partial charge in [0.25, 0.3) is 0 Å². The quantitative estimate of drug-likeness (QED) is 0.710. The predicted molar refractivity (Wildman–Crippen MR) is 77.6 cm³/mol. The molecule has 1 unspecified atom stereocenters. The Hall–Kier alpha value is -1.76. The summed E-state index contributed by atoms with van der Waals surface area (Å²) in [5.41, 5.74) is 1.83. The molecule has 0 aliphatic heterocycles. The SMILES string of the molecule is COCC(O)c1cnnn1CCCOCc1ccccc1. The van der Waals surface area contributed by atoms with Crippen molar-refractivity contribution in [3.8, 4) is 0 Å². The van der Waals surface area contributed by atoms with Crippen LogP contribution in [0.25, 0.3) is 0 Å². The Kier molecular flexibility index (Phi) is 6.33. The minimum absolute atomic E-state index is 0.234. The Bertz CT molecular complexity index is 516. The lowest BCUT2D eigenvalue weighted by Crippen LogP contribution is -2.14. The maximum Gasteiger partial charge on any atom is 0.120 e. The summed E-state index contributed by atoms with van der Waals surface area (Å²) in [4.78, 5) is 0. The Balaban J connectivity index is 1.70. The van der Waals surface area contributed by atoms with E-state index in [1.807, 2.05) is 30.3 Å². The molecule has 0 aliphatic carbocycles. The first-order chi connectivity index (χ1) is 10.3. The van der Waals surface area contributed by atoms with E-state index in [4.69, 9.17) is 9.47 Å². The van der Waals surface area contributed by atoms with Crippen molar-refractivity contribution in [2.75, 3.05) is 20.3 Å². The van der Waals surface area contributed by atoms with Crippen LogP contribution in [0.2, 0.25) is 0 Å². The topological polar surface area (TPSA) is 69.4 Å². The highest BCUT2D eigenvalue weighted by atomic mass is 16.5. The van der Waals surface area contributed by atoms with Crippen LogP contribution in [0.5, 0.6) is 0 Å². The Labute approximate surface area is 124 Å². The fourth-order valence-electron chi connectivity index (χ4n) is 2.02. The molecule has 114 valence electrons. The lowest BCUT2D eigenvalue weighted by molar-refractivity contribution is 0.0577. The van der Waals surface area contributed by atoms with Crippen LogP contribution in [0.4, 0.5) is 0 Å². The average molecular weight is 291 g/mol. The molecule has 0 radical (unpaired) electrons. The van der Waals surface area contributed by atoms with E-state index in [1.54, 1.807) is 18.0 Å². The fourth-order valence-corrected chi connectivity index (χ4v) is 2.02. The predicted octanol–water partition coefficient (Wildman–Crippen LogP) is 1.56. The van der Waals surface area contributed by atoms with Gasteiger partial charge in [-0.25, -0.2) is 4.68 Å². The summed E-state index contributed by atoms with van der Waals surface area (Å²) in [5, 5.41) is 17.7. The molecule has 0 amide bonds. The van der Waals surface area contributed by atoms with E-state index in [1.165, 1.54) is 0 Å². The van der Waals surface area contributed by atoms with Gasteiger partial charge in [0.2, 0.25) is 0 Å². The number of aliphatic hydroxyl groups excluding tert-OH is 1. The highest BCUT2D eigenvalue weighted by molar-refractivity contribution is 5.13. The molecule has 0 saturated heterocycles. The molecular formula is C15H21N3O3. The molecule has 1 atom stereocenters. The molecule has 21 heavy (non-hydrogen) atoms. The molecule has 6 nitrogen and oxygen atoms in total. The smallest absolute Gasteiger partial charge is 0.120 e. The number of nitrogens with zero attached hydrogens (tertiary/aromatic N) is 3. The van der Waals surface area contributed by atoms with Gasteiger partial charge < -0.3 is 14.6 Å². The lowest BCUT2D eigenvalue weighted by Gasteiger charge is -2.11. The van der Waals surface area contributed by atoms with Gasteiger partial charge in [-0.2, -0.15) is 0 Å². The molecule has 0 saturated carbocycles. The fraction of sp³-hybridized carbons (Fsp3) is 0.467. The maximum absolute atomic E-state index is 9.88. The van der Waals surface area contributed by atoms with Gasteiger partial charge in [-0.3, -0.25) is 0 Å². The van der Waals surface area contributed by atoms with Gasteiger partial charge in [-0.1, -0.05) is 35.5 Å². The molecule has 0 fully saturated rings. The molecule has 1 aromatic heterocycles. The molecule has 0 spiro atoms. The van der Waals surface area contributed by atoms with Crippen molar-refractivity contribution >= 4 is 0 Å². The molecule has 2 rings (SSSR count). The number of hydrogen-bond donors (Lipinski definition) is 1. The van der Waals surface area contributed by atoms with Crippen LogP contribution >= 0.6 is 0 Å². The molecule has 0 aliphatic rings. The van der Waals surface area contributed by atoms with Crippen LogP contribution < -0.4 is 0 Å². The zero-order valence-corrected chi connectivity index (χ0v) is 12.2. The van der Waals surface area contributed by atoms with Crippen molar-refractivity contribution in [3.05, 3.63) is 47.8 Å². The van der Waals surface area contributed by atoms with Gasteiger partial charge in [0.15, 0.2) is 0 Å². The second-order valence-corrected chi connectivity index (χ2v) is 4.74. The summed E-state index contributed by atoms with van der Waals surface area (Å²) < 4.78 is 12.2. The first-order valence-corrected chi connectivity index (χ1v) is 6.98. The zero-order chi connectivity index (χ0) is 14.9. The molecule has 1 heterocycles. The van der Waals surface area contributed by atoms with E-state index in [0.29, 0.717) is 25.5 Å². The van der Waals surface area contributed by atoms with Crippen LogP contribution in [0, 0.1) is 0 Å². The summed E-state index contributed by atoms with van der Waals surface area (Å²) in [5.74, 6) is 0. The van der Waals surface area contributed by atoms with Gasteiger partial charge in [0.05, 0.1) is 25.1 Å². The minimum atomic E-state index is -0.699. The Morgan fingerprint density at radius 2 is 2.10 bits per heavy atom. The van der Waals surface area contributed by atoms with Crippen LogP contribution in [-0.2, 0) is 22.6 Å². The number of ether oxygens (including phenoxy) is 2. The second kappa shape index (κ2) is 8.51. The van der Waals surface area contributed by atoms with Crippen molar-refractivity contribution in [3.63, 3.8) is 0 Å². The summed E-state index contributed by atoms with van der Waals surface area (Å²) >= 11 is 0. The number of aryl methyl sites for hydroxylation is 1. The Morgan fingerprint density at radius 1 is 1.29 bits per heavy atom. The van der Waals surface area contributed by atoms with E-state index < -0.39 is 6.10 Å². The second-order valence-electron chi connectivity index (χ2n) is 4.74. The van der Waals surface area contributed by atoms with E-state index in [-0.39, 0.29) is 6.61 Å². The third-order valence-corrected chi connectivity index (χ3v) is 3.08. The zero-order valence-electron chi connectivity index (χ0n) is 12.2. The first kappa shape index (κ1) is 15.6. The summed E-state index contributed by atoms with van der Waals surface area (Å²) in [6.07, 6.45) is 1.67. The number of hydrogen-bond acceptors (Lipinski definition) is 5. The monoisotopic (exact) mass is 291 g/mol. The first-order valence-electron chi connectivity index (χ1n) is 6.98. The van der Waals surface area contributed by atoms with Gasteiger partial charge in [0, 0.05) is 20.3 Å². The molecule has 0 bridgehead atoms. The van der Waals surface area contributed by atoms with Crippen molar-refractivity contribution in [2.24, 2.45) is 0 Å². The van der Waals surface area contributed by atoms with Crippen molar-refractivity contribution in [1.82, 2.24) is 15.0 Å². The van der Waals surface area contributed by atoms with E-state index in [0.717, 1.165) is 12.0 Å². The highest BCUT2D eigenvalue weighted by Gasteiger charge is 2.13. The number of rotatable bonds is 9. The number of aromatic nitrogens is 3. The average Bonchev–Trinajstić information content (AvgIpc) is 2.97. The van der Waals surface area contributed by atoms with Gasteiger partial charge in [-0.05, 0) is 12.0 Å². The third kappa shape index (κ3) is 4.93. The largest absolute Gasteiger partial charge is 0.384 e. The summed E-state index contributed by atoms with van der Waals surface area (Å²) in [6, 6.07) is 10.1. The number of benzene rings is 1. The van der Waals surface area contributed by atoms with Gasteiger partial charge in [0.1, 0.15) is 6.10 Å². The molecule has 6 heteroatoms.